The fourth-order valence-electron chi connectivity index (χ4n) is 3.01. The molecule has 0 bridgehead atoms. The van der Waals surface area contributed by atoms with Gasteiger partial charge in [-0.15, -0.1) is 0 Å². The van der Waals surface area contributed by atoms with Gasteiger partial charge < -0.3 is 4.74 Å². The minimum absolute atomic E-state index is 0.973. The summed E-state index contributed by atoms with van der Waals surface area (Å²) in [4.78, 5) is 0. The van der Waals surface area contributed by atoms with E-state index in [9.17, 15) is 0 Å². The van der Waals surface area contributed by atoms with Crippen molar-refractivity contribution < 1.29 is 4.74 Å². The van der Waals surface area contributed by atoms with Crippen molar-refractivity contribution in [1.82, 2.24) is 0 Å². The van der Waals surface area contributed by atoms with Crippen LogP contribution in [0.15, 0.2) is 70.6 Å². The fourth-order valence-corrected chi connectivity index (χ4v) is 3.01. The smallest absolute Gasteiger partial charge is 0.0962 e. The van der Waals surface area contributed by atoms with E-state index < -0.39 is 0 Å². The largest absolute Gasteiger partial charge is 0.501 e. The molecule has 2 aliphatic rings. The minimum atomic E-state index is 0.973. The Hall–Kier alpha value is -1.76. The number of hydrogen-bond donors (Lipinski definition) is 0. The Labute approximate surface area is 122 Å². The highest BCUT2D eigenvalue weighted by molar-refractivity contribution is 5.64. The predicted molar refractivity (Wildman–Crippen MR) is 86.4 cm³/mol. The van der Waals surface area contributed by atoms with Crippen LogP contribution >= 0.6 is 0 Å². The molecule has 0 heterocycles. The van der Waals surface area contributed by atoms with Crippen molar-refractivity contribution in [3.05, 3.63) is 70.6 Å². The first-order valence-electron chi connectivity index (χ1n) is 7.25. The van der Waals surface area contributed by atoms with Gasteiger partial charge >= 0.3 is 0 Å². The number of ether oxygens (including phenoxy) is 1. The zero-order chi connectivity index (χ0) is 14.7. The Morgan fingerprint density at radius 2 is 1.95 bits per heavy atom. The Morgan fingerprint density at radius 1 is 1.20 bits per heavy atom. The first kappa shape index (κ1) is 14.6. The molecule has 0 aromatic rings. The van der Waals surface area contributed by atoms with Gasteiger partial charge in [0.05, 0.1) is 12.9 Å². The summed E-state index contributed by atoms with van der Waals surface area (Å²) in [5, 5.41) is 0. The van der Waals surface area contributed by atoms with Gasteiger partial charge in [0.2, 0.25) is 0 Å². The molecular weight excluding hydrogens is 244 g/mol. The number of methoxy groups -OCH3 is 1. The van der Waals surface area contributed by atoms with Crippen LogP contribution in [0.3, 0.4) is 0 Å². The molecule has 2 rings (SSSR count). The van der Waals surface area contributed by atoms with Gasteiger partial charge in [-0.05, 0) is 67.4 Å². The van der Waals surface area contributed by atoms with E-state index in [1.54, 1.807) is 7.11 Å². The SMILES string of the molecule is C=C(C)C1=C(C2=CCCC=C2)CC/C(=C(/C)OC)C1=C. The molecule has 1 heteroatoms. The van der Waals surface area contributed by atoms with Crippen LogP contribution in [0.2, 0.25) is 0 Å². The average Bonchev–Trinajstić information content (AvgIpc) is 2.46. The maximum Gasteiger partial charge on any atom is 0.0962 e. The van der Waals surface area contributed by atoms with Crippen molar-refractivity contribution >= 4 is 0 Å². The van der Waals surface area contributed by atoms with Gasteiger partial charge in [-0.25, -0.2) is 0 Å². The first-order valence-corrected chi connectivity index (χ1v) is 7.25. The Balaban J connectivity index is 2.51. The maximum atomic E-state index is 5.41. The molecule has 1 nitrogen and oxygen atoms in total. The maximum absolute atomic E-state index is 5.41. The van der Waals surface area contributed by atoms with Crippen LogP contribution in [-0.4, -0.2) is 7.11 Å². The molecule has 0 radical (unpaired) electrons. The van der Waals surface area contributed by atoms with Crippen LogP contribution in [0.1, 0.15) is 39.5 Å². The molecule has 20 heavy (non-hydrogen) atoms. The summed E-state index contributed by atoms with van der Waals surface area (Å²) in [5.41, 5.74) is 7.37. The lowest BCUT2D eigenvalue weighted by molar-refractivity contribution is 0.288. The third-order valence-corrected chi connectivity index (χ3v) is 4.09. The molecule has 106 valence electrons. The summed E-state index contributed by atoms with van der Waals surface area (Å²) in [7, 11) is 1.72. The lowest BCUT2D eigenvalue weighted by Gasteiger charge is -2.28. The molecule has 0 fully saturated rings. The summed E-state index contributed by atoms with van der Waals surface area (Å²) in [5.74, 6) is 0.973. The molecule has 0 aromatic carbocycles. The average molecular weight is 268 g/mol. The molecule has 0 atom stereocenters. The molecule has 0 aliphatic heterocycles. The van der Waals surface area contributed by atoms with Crippen LogP contribution in [0.25, 0.3) is 0 Å². The second kappa shape index (κ2) is 6.13. The van der Waals surface area contributed by atoms with E-state index in [-0.39, 0.29) is 0 Å². The van der Waals surface area contributed by atoms with E-state index in [2.05, 4.69) is 38.3 Å². The van der Waals surface area contributed by atoms with Crippen molar-refractivity contribution in [2.75, 3.05) is 7.11 Å². The van der Waals surface area contributed by atoms with E-state index in [0.717, 1.165) is 42.6 Å². The van der Waals surface area contributed by atoms with E-state index in [1.807, 2.05) is 6.92 Å². The standard InChI is InChI=1S/C19H24O/c1-13(2)19-14(3)17(15(4)20-5)11-12-18(19)16-9-7-6-8-10-16/h7,9-10H,1,3,6,8,11-12H2,2,4-5H3/b17-15+. The van der Waals surface area contributed by atoms with Crippen molar-refractivity contribution in [2.24, 2.45) is 0 Å². The molecular formula is C19H24O. The summed E-state index contributed by atoms with van der Waals surface area (Å²) >= 11 is 0. The summed E-state index contributed by atoms with van der Waals surface area (Å²) in [6, 6.07) is 0. The topological polar surface area (TPSA) is 9.23 Å². The molecule has 0 unspecified atom stereocenters. The Kier molecular flexibility index (Phi) is 4.49. The monoisotopic (exact) mass is 268 g/mol. The van der Waals surface area contributed by atoms with Crippen molar-refractivity contribution in [2.45, 2.75) is 39.5 Å². The third-order valence-electron chi connectivity index (χ3n) is 4.09. The van der Waals surface area contributed by atoms with E-state index in [1.165, 1.54) is 22.3 Å². The van der Waals surface area contributed by atoms with Crippen LogP contribution in [0.4, 0.5) is 0 Å². The molecule has 0 saturated heterocycles. The van der Waals surface area contributed by atoms with Gasteiger partial charge in [-0.1, -0.05) is 37.0 Å². The summed E-state index contributed by atoms with van der Waals surface area (Å²) in [6.07, 6.45) is 11.1. The van der Waals surface area contributed by atoms with Gasteiger partial charge in [0, 0.05) is 0 Å². The predicted octanol–water partition coefficient (Wildman–Crippen LogP) is 5.41. The van der Waals surface area contributed by atoms with Crippen molar-refractivity contribution in [3.8, 4) is 0 Å². The quantitative estimate of drug-likeness (QED) is 0.622. The van der Waals surface area contributed by atoms with Gasteiger partial charge in [0.25, 0.3) is 0 Å². The highest BCUT2D eigenvalue weighted by atomic mass is 16.5. The fraction of sp³-hybridized carbons (Fsp3) is 0.368. The van der Waals surface area contributed by atoms with Gasteiger partial charge in [-0.2, -0.15) is 0 Å². The van der Waals surface area contributed by atoms with E-state index >= 15 is 0 Å². The molecule has 0 aromatic heterocycles. The first-order chi connectivity index (χ1) is 9.56. The molecule has 2 aliphatic carbocycles. The van der Waals surface area contributed by atoms with Gasteiger partial charge in [0.1, 0.15) is 0 Å². The molecule has 0 spiro atoms. The molecule has 0 saturated carbocycles. The van der Waals surface area contributed by atoms with Gasteiger partial charge in [-0.3, -0.25) is 0 Å². The third kappa shape index (κ3) is 2.72. The minimum Gasteiger partial charge on any atom is -0.501 e. The van der Waals surface area contributed by atoms with E-state index in [4.69, 9.17) is 4.74 Å². The second-order valence-corrected chi connectivity index (χ2v) is 5.49. The van der Waals surface area contributed by atoms with E-state index in [0.29, 0.717) is 0 Å². The van der Waals surface area contributed by atoms with Crippen LogP contribution in [0, 0.1) is 0 Å². The van der Waals surface area contributed by atoms with Crippen molar-refractivity contribution in [1.29, 1.82) is 0 Å². The zero-order valence-corrected chi connectivity index (χ0v) is 12.9. The normalized spacial score (nSPS) is 21.8. The zero-order valence-electron chi connectivity index (χ0n) is 12.9. The summed E-state index contributed by atoms with van der Waals surface area (Å²) in [6.45, 7) is 12.5. The highest BCUT2D eigenvalue weighted by Gasteiger charge is 2.24. The highest BCUT2D eigenvalue weighted by Crippen LogP contribution is 2.41. The molecule has 0 amide bonds. The number of hydrogen-bond acceptors (Lipinski definition) is 1. The lowest BCUT2D eigenvalue weighted by atomic mass is 9.77. The summed E-state index contributed by atoms with van der Waals surface area (Å²) < 4.78 is 5.41. The van der Waals surface area contributed by atoms with Crippen molar-refractivity contribution in [3.63, 3.8) is 0 Å². The number of allylic oxidation sites excluding steroid dienone is 10. The number of rotatable bonds is 3. The van der Waals surface area contributed by atoms with Gasteiger partial charge in [0.15, 0.2) is 0 Å². The lowest BCUT2D eigenvalue weighted by Crippen LogP contribution is -2.10. The second-order valence-electron chi connectivity index (χ2n) is 5.49. The Bertz CT molecular complexity index is 565. The molecule has 0 N–H and O–H groups in total. The van der Waals surface area contributed by atoms with Crippen LogP contribution in [0.5, 0.6) is 0 Å². The Morgan fingerprint density at radius 3 is 2.50 bits per heavy atom. The van der Waals surface area contributed by atoms with Crippen LogP contribution in [-0.2, 0) is 4.74 Å². The van der Waals surface area contributed by atoms with Crippen LogP contribution < -0.4 is 0 Å².